The Bertz CT molecular complexity index is 337. The lowest BCUT2D eigenvalue weighted by Gasteiger charge is -2.34. The van der Waals surface area contributed by atoms with Crippen LogP contribution < -0.4 is 4.90 Å². The minimum absolute atomic E-state index is 0.527. The molecule has 3 nitrogen and oxygen atoms in total. The Morgan fingerprint density at radius 2 is 2.06 bits per heavy atom. The second kappa shape index (κ2) is 5.48. The molecule has 1 saturated carbocycles. The number of nitrogens with zero attached hydrogens (tertiary/aromatic N) is 3. The highest BCUT2D eigenvalue weighted by Crippen LogP contribution is 2.26. The summed E-state index contributed by atoms with van der Waals surface area (Å²) in [5, 5.41) is 0.527. The quantitative estimate of drug-likeness (QED) is 0.758. The molecule has 1 fully saturated rings. The molecule has 1 heterocycles. The van der Waals surface area contributed by atoms with Crippen molar-refractivity contribution in [3.63, 3.8) is 0 Å². The number of hydrogen-bond donors (Lipinski definition) is 0. The van der Waals surface area contributed by atoms with Gasteiger partial charge in [-0.05, 0) is 19.8 Å². The summed E-state index contributed by atoms with van der Waals surface area (Å²) >= 11 is 5.91. The lowest BCUT2D eigenvalue weighted by atomic mass is 9.94. The zero-order valence-electron chi connectivity index (χ0n) is 9.69. The molecule has 0 unspecified atom stereocenters. The second-order valence-electron chi connectivity index (χ2n) is 4.28. The molecule has 1 aliphatic rings. The topological polar surface area (TPSA) is 29.0 Å². The maximum absolute atomic E-state index is 5.91. The van der Waals surface area contributed by atoms with Gasteiger partial charge in [-0.15, -0.1) is 0 Å². The number of halogens is 1. The van der Waals surface area contributed by atoms with E-state index in [-0.39, 0.29) is 0 Å². The fourth-order valence-corrected chi connectivity index (χ4v) is 2.62. The van der Waals surface area contributed by atoms with Gasteiger partial charge in [-0.2, -0.15) is 0 Å². The number of hydrogen-bond acceptors (Lipinski definition) is 3. The largest absolute Gasteiger partial charge is 0.354 e. The van der Waals surface area contributed by atoms with E-state index in [1.54, 1.807) is 6.33 Å². The first-order valence-corrected chi connectivity index (χ1v) is 6.43. The van der Waals surface area contributed by atoms with Gasteiger partial charge in [0, 0.05) is 18.7 Å². The van der Waals surface area contributed by atoms with E-state index in [0.717, 1.165) is 12.4 Å². The van der Waals surface area contributed by atoms with Crippen LogP contribution in [0.15, 0.2) is 12.4 Å². The van der Waals surface area contributed by atoms with Crippen LogP contribution in [0.3, 0.4) is 0 Å². The third-order valence-electron chi connectivity index (χ3n) is 3.27. The molecule has 88 valence electrons. The third kappa shape index (κ3) is 2.64. The van der Waals surface area contributed by atoms with Crippen LogP contribution in [0.25, 0.3) is 0 Å². The van der Waals surface area contributed by atoms with Gasteiger partial charge in [0.2, 0.25) is 0 Å². The summed E-state index contributed by atoms with van der Waals surface area (Å²) in [6.45, 7) is 3.16. The lowest BCUT2D eigenvalue weighted by Crippen LogP contribution is -2.37. The standard InChI is InChI=1S/C12H18ClN3/c1-2-16(10-6-4-3-5-7-10)12-8-11(13)14-9-15-12/h8-10H,2-7H2,1H3. The number of rotatable bonds is 3. The van der Waals surface area contributed by atoms with E-state index in [1.165, 1.54) is 32.1 Å². The van der Waals surface area contributed by atoms with Crippen molar-refractivity contribution in [3.05, 3.63) is 17.5 Å². The van der Waals surface area contributed by atoms with Crippen molar-refractivity contribution in [2.45, 2.75) is 45.1 Å². The van der Waals surface area contributed by atoms with Gasteiger partial charge in [-0.1, -0.05) is 30.9 Å². The van der Waals surface area contributed by atoms with Gasteiger partial charge < -0.3 is 4.90 Å². The van der Waals surface area contributed by atoms with Gasteiger partial charge in [-0.3, -0.25) is 0 Å². The van der Waals surface area contributed by atoms with Crippen LogP contribution in [-0.2, 0) is 0 Å². The predicted molar refractivity (Wildman–Crippen MR) is 66.9 cm³/mol. The van der Waals surface area contributed by atoms with E-state index in [2.05, 4.69) is 21.8 Å². The van der Waals surface area contributed by atoms with E-state index in [1.807, 2.05) is 6.07 Å². The fourth-order valence-electron chi connectivity index (χ4n) is 2.48. The van der Waals surface area contributed by atoms with Gasteiger partial charge in [0.15, 0.2) is 0 Å². The Morgan fingerprint density at radius 1 is 1.31 bits per heavy atom. The first-order valence-electron chi connectivity index (χ1n) is 6.05. The average Bonchev–Trinajstić information content (AvgIpc) is 2.31. The van der Waals surface area contributed by atoms with E-state index >= 15 is 0 Å². The summed E-state index contributed by atoms with van der Waals surface area (Å²) < 4.78 is 0. The van der Waals surface area contributed by atoms with Crippen molar-refractivity contribution in [1.29, 1.82) is 0 Å². The summed E-state index contributed by atoms with van der Waals surface area (Å²) in [4.78, 5) is 10.6. The Hall–Kier alpha value is -0.830. The molecule has 0 saturated heterocycles. The first kappa shape index (κ1) is 11.6. The molecule has 0 amide bonds. The molecule has 0 spiro atoms. The third-order valence-corrected chi connectivity index (χ3v) is 3.48. The van der Waals surface area contributed by atoms with Crippen LogP contribution in [0.4, 0.5) is 5.82 Å². The average molecular weight is 240 g/mol. The van der Waals surface area contributed by atoms with E-state index in [9.17, 15) is 0 Å². The highest BCUT2D eigenvalue weighted by atomic mass is 35.5. The van der Waals surface area contributed by atoms with Crippen LogP contribution >= 0.6 is 11.6 Å². The predicted octanol–water partition coefficient (Wildman–Crippen LogP) is 3.29. The lowest BCUT2D eigenvalue weighted by molar-refractivity contribution is 0.416. The van der Waals surface area contributed by atoms with Crippen molar-refractivity contribution in [2.75, 3.05) is 11.4 Å². The highest BCUT2D eigenvalue weighted by Gasteiger charge is 2.21. The minimum Gasteiger partial charge on any atom is -0.354 e. The van der Waals surface area contributed by atoms with Gasteiger partial charge >= 0.3 is 0 Å². The molecule has 0 bridgehead atoms. The summed E-state index contributed by atoms with van der Waals surface area (Å²) in [5.74, 6) is 0.967. The van der Waals surface area contributed by atoms with Crippen LogP contribution in [-0.4, -0.2) is 22.6 Å². The van der Waals surface area contributed by atoms with Crippen LogP contribution in [0.5, 0.6) is 0 Å². The molecule has 16 heavy (non-hydrogen) atoms. The second-order valence-corrected chi connectivity index (χ2v) is 4.66. The van der Waals surface area contributed by atoms with Gasteiger partial charge in [0.05, 0.1) is 0 Å². The van der Waals surface area contributed by atoms with Gasteiger partial charge in [0.1, 0.15) is 17.3 Å². The fraction of sp³-hybridized carbons (Fsp3) is 0.667. The molecule has 4 heteroatoms. The van der Waals surface area contributed by atoms with Gasteiger partial charge in [0.25, 0.3) is 0 Å². The smallest absolute Gasteiger partial charge is 0.134 e. The molecule has 0 aromatic carbocycles. The van der Waals surface area contributed by atoms with E-state index in [0.29, 0.717) is 11.2 Å². The first-order chi connectivity index (χ1) is 7.81. The molecular formula is C12H18ClN3. The van der Waals surface area contributed by atoms with Crippen molar-refractivity contribution in [3.8, 4) is 0 Å². The molecule has 0 radical (unpaired) electrons. The summed E-state index contributed by atoms with van der Waals surface area (Å²) in [5.41, 5.74) is 0. The van der Waals surface area contributed by atoms with E-state index in [4.69, 9.17) is 11.6 Å². The molecule has 0 atom stereocenters. The van der Waals surface area contributed by atoms with E-state index < -0.39 is 0 Å². The molecular weight excluding hydrogens is 222 g/mol. The Morgan fingerprint density at radius 3 is 2.69 bits per heavy atom. The summed E-state index contributed by atoms with van der Waals surface area (Å²) in [6.07, 6.45) is 8.13. The van der Waals surface area contributed by atoms with Crippen molar-refractivity contribution in [2.24, 2.45) is 0 Å². The number of anilines is 1. The van der Waals surface area contributed by atoms with Crippen molar-refractivity contribution >= 4 is 17.4 Å². The zero-order valence-corrected chi connectivity index (χ0v) is 10.5. The SMILES string of the molecule is CCN(c1cc(Cl)ncn1)C1CCCCC1. The highest BCUT2D eigenvalue weighted by molar-refractivity contribution is 6.29. The Balaban J connectivity index is 2.14. The maximum Gasteiger partial charge on any atom is 0.134 e. The Kier molecular flexibility index (Phi) is 3.99. The molecule has 0 aliphatic heterocycles. The van der Waals surface area contributed by atoms with Crippen LogP contribution in [0.2, 0.25) is 5.15 Å². The number of aromatic nitrogens is 2. The maximum atomic E-state index is 5.91. The summed E-state index contributed by atoms with van der Waals surface area (Å²) in [7, 11) is 0. The summed E-state index contributed by atoms with van der Waals surface area (Å²) in [6, 6.07) is 2.49. The van der Waals surface area contributed by atoms with Crippen LogP contribution in [0.1, 0.15) is 39.0 Å². The van der Waals surface area contributed by atoms with Gasteiger partial charge in [-0.25, -0.2) is 9.97 Å². The Labute approximate surface area is 102 Å². The molecule has 1 aromatic heterocycles. The normalized spacial score (nSPS) is 17.4. The molecule has 1 aromatic rings. The monoisotopic (exact) mass is 239 g/mol. The van der Waals surface area contributed by atoms with Crippen LogP contribution in [0, 0.1) is 0 Å². The molecule has 0 N–H and O–H groups in total. The molecule has 1 aliphatic carbocycles. The minimum atomic E-state index is 0.527. The zero-order chi connectivity index (χ0) is 11.4. The van der Waals surface area contributed by atoms with Crippen molar-refractivity contribution in [1.82, 2.24) is 9.97 Å². The molecule has 2 rings (SSSR count). The van der Waals surface area contributed by atoms with Crippen molar-refractivity contribution < 1.29 is 0 Å².